The van der Waals surface area contributed by atoms with E-state index in [9.17, 15) is 22.0 Å². The van der Waals surface area contributed by atoms with Gasteiger partial charge in [0.25, 0.3) is 0 Å². The van der Waals surface area contributed by atoms with Gasteiger partial charge in [-0.25, -0.2) is 13.8 Å². The molecule has 9 nitrogen and oxygen atoms in total. The SMILES string of the molecule is N#Cc1ccc(Nc2nccc(Nc3c(F)cc(-c4ccncc4)cc3F)n2)cc1.O=S(=O)(O)C(F)(F)F. The van der Waals surface area contributed by atoms with Crippen LogP contribution in [0, 0.1) is 23.0 Å². The minimum Gasteiger partial charge on any atom is -0.335 e. The zero-order chi connectivity index (χ0) is 27.9. The lowest BCUT2D eigenvalue weighted by Crippen LogP contribution is -2.21. The molecule has 0 aliphatic heterocycles. The van der Waals surface area contributed by atoms with Gasteiger partial charge >= 0.3 is 15.6 Å². The second kappa shape index (κ2) is 11.6. The molecular formula is C23H15F5N6O3S. The minimum atomic E-state index is -5.84. The highest BCUT2D eigenvalue weighted by atomic mass is 32.2. The Morgan fingerprint density at radius 2 is 1.45 bits per heavy atom. The molecule has 15 heteroatoms. The van der Waals surface area contributed by atoms with E-state index in [1.807, 2.05) is 6.07 Å². The third-order valence-corrected chi connectivity index (χ3v) is 5.11. The maximum absolute atomic E-state index is 14.6. The van der Waals surface area contributed by atoms with Gasteiger partial charge in [0, 0.05) is 24.3 Å². The number of rotatable bonds is 5. The lowest BCUT2D eigenvalue weighted by atomic mass is 10.1. The van der Waals surface area contributed by atoms with Crippen molar-refractivity contribution in [2.45, 2.75) is 5.51 Å². The van der Waals surface area contributed by atoms with Gasteiger partial charge in [-0.2, -0.15) is 31.8 Å². The van der Waals surface area contributed by atoms with Gasteiger partial charge in [0.2, 0.25) is 5.95 Å². The average molecular weight is 550 g/mol. The summed E-state index contributed by atoms with van der Waals surface area (Å²) in [5, 5.41) is 14.5. The number of nitrogens with one attached hydrogen (secondary N) is 2. The monoisotopic (exact) mass is 550 g/mol. The van der Waals surface area contributed by atoms with Crippen molar-refractivity contribution >= 4 is 33.3 Å². The summed E-state index contributed by atoms with van der Waals surface area (Å²) >= 11 is 0. The van der Waals surface area contributed by atoms with Gasteiger partial charge in [-0.15, -0.1) is 0 Å². The Labute approximate surface area is 212 Å². The zero-order valence-corrected chi connectivity index (χ0v) is 19.6. The molecule has 0 saturated carbocycles. The van der Waals surface area contributed by atoms with Gasteiger partial charge in [-0.05, 0) is 65.7 Å². The van der Waals surface area contributed by atoms with Crippen LogP contribution < -0.4 is 10.6 Å². The van der Waals surface area contributed by atoms with Crippen LogP contribution in [0.1, 0.15) is 5.56 Å². The minimum absolute atomic E-state index is 0.218. The Balaban J connectivity index is 0.000000436. The van der Waals surface area contributed by atoms with Gasteiger partial charge in [0.05, 0.1) is 11.6 Å². The molecule has 0 fully saturated rings. The smallest absolute Gasteiger partial charge is 0.335 e. The van der Waals surface area contributed by atoms with Gasteiger partial charge in [-0.3, -0.25) is 9.54 Å². The third-order valence-electron chi connectivity index (χ3n) is 4.53. The third kappa shape index (κ3) is 7.41. The molecule has 0 saturated heterocycles. The van der Waals surface area contributed by atoms with E-state index in [1.165, 1.54) is 24.4 Å². The van der Waals surface area contributed by atoms with E-state index in [1.54, 1.807) is 48.8 Å². The van der Waals surface area contributed by atoms with Crippen molar-refractivity contribution < 1.29 is 34.9 Å². The quantitative estimate of drug-likeness (QED) is 0.165. The molecule has 2 aromatic heterocycles. The standard InChI is InChI=1S/C22H14F2N6.CHF3O3S/c23-18-11-16(15-5-8-26-9-6-15)12-19(24)21(18)29-20-7-10-27-22(30-20)28-17-3-1-14(13-25)2-4-17;2-1(3,4)8(5,6)7/h1-12H,(H2,27,28,29,30);(H,5,6,7). The average Bonchev–Trinajstić information content (AvgIpc) is 2.86. The summed E-state index contributed by atoms with van der Waals surface area (Å²) in [5.74, 6) is -1.04. The molecule has 3 N–H and O–H groups in total. The molecule has 0 amide bonds. The number of anilines is 4. The second-order valence-corrected chi connectivity index (χ2v) is 8.59. The van der Waals surface area contributed by atoms with Crippen molar-refractivity contribution in [3.63, 3.8) is 0 Å². The normalized spacial score (nSPS) is 11.1. The lowest BCUT2D eigenvalue weighted by Gasteiger charge is -2.11. The molecule has 0 spiro atoms. The fraction of sp³-hybridized carbons (Fsp3) is 0.0435. The van der Waals surface area contributed by atoms with Crippen LogP contribution in [0.3, 0.4) is 0 Å². The summed E-state index contributed by atoms with van der Waals surface area (Å²) < 4.78 is 86.7. The Kier molecular flexibility index (Phi) is 8.50. The number of benzene rings is 2. The molecule has 0 unspecified atom stereocenters. The summed E-state index contributed by atoms with van der Waals surface area (Å²) in [6.07, 6.45) is 4.57. The van der Waals surface area contributed by atoms with Crippen LogP contribution in [0.5, 0.6) is 0 Å². The fourth-order valence-electron chi connectivity index (χ4n) is 2.78. The Bertz CT molecular complexity index is 1540. The zero-order valence-electron chi connectivity index (χ0n) is 18.8. The number of hydrogen-bond acceptors (Lipinski definition) is 8. The van der Waals surface area contributed by atoms with Gasteiger partial charge in [0.1, 0.15) is 23.1 Å². The Morgan fingerprint density at radius 1 is 0.868 bits per heavy atom. The highest BCUT2D eigenvalue weighted by molar-refractivity contribution is 7.86. The number of hydrogen-bond donors (Lipinski definition) is 3. The number of nitrogens with zero attached hydrogens (tertiary/aromatic N) is 4. The lowest BCUT2D eigenvalue weighted by molar-refractivity contribution is -0.0510. The maximum Gasteiger partial charge on any atom is 0.522 e. The van der Waals surface area contributed by atoms with Crippen molar-refractivity contribution in [3.8, 4) is 17.2 Å². The first-order valence-corrected chi connectivity index (χ1v) is 11.6. The Hall–Kier alpha value is -4.68. The van der Waals surface area contributed by atoms with Gasteiger partial charge in [0.15, 0.2) is 0 Å². The molecule has 4 rings (SSSR count). The maximum atomic E-state index is 14.6. The van der Waals surface area contributed by atoms with E-state index in [0.29, 0.717) is 22.4 Å². The second-order valence-electron chi connectivity index (χ2n) is 7.18. The van der Waals surface area contributed by atoms with Crippen molar-refractivity contribution in [3.05, 3.63) is 90.4 Å². The molecular weight excluding hydrogens is 535 g/mol. The first-order valence-electron chi connectivity index (χ1n) is 10.2. The predicted molar refractivity (Wildman–Crippen MR) is 127 cm³/mol. The van der Waals surface area contributed by atoms with E-state index in [0.717, 1.165) is 0 Å². The predicted octanol–water partition coefficient (Wildman–Crippen LogP) is 5.57. The fourth-order valence-corrected chi connectivity index (χ4v) is 2.78. The van der Waals surface area contributed by atoms with E-state index in [2.05, 4.69) is 25.6 Å². The van der Waals surface area contributed by atoms with Crippen molar-refractivity contribution in [2.24, 2.45) is 0 Å². The van der Waals surface area contributed by atoms with Crippen LogP contribution in [0.25, 0.3) is 11.1 Å². The molecule has 0 aliphatic carbocycles. The highest BCUT2D eigenvalue weighted by Gasteiger charge is 2.44. The van der Waals surface area contributed by atoms with Crippen molar-refractivity contribution in [1.29, 1.82) is 5.26 Å². The van der Waals surface area contributed by atoms with Gasteiger partial charge < -0.3 is 10.6 Å². The molecule has 0 radical (unpaired) electrons. The molecule has 0 atom stereocenters. The molecule has 0 aliphatic rings. The number of halogens is 5. The first kappa shape index (κ1) is 27.9. The summed E-state index contributed by atoms with van der Waals surface area (Å²) in [6.45, 7) is 0. The number of aromatic nitrogens is 3. The number of pyridine rings is 1. The van der Waals surface area contributed by atoms with Gasteiger partial charge in [-0.1, -0.05) is 0 Å². The van der Waals surface area contributed by atoms with E-state index in [4.69, 9.17) is 18.2 Å². The highest BCUT2D eigenvalue weighted by Crippen LogP contribution is 2.29. The Morgan fingerprint density at radius 3 is 1.97 bits per heavy atom. The molecule has 4 aromatic rings. The summed E-state index contributed by atoms with van der Waals surface area (Å²) in [7, 11) is -5.84. The molecule has 2 aromatic carbocycles. The van der Waals surface area contributed by atoms with Crippen molar-refractivity contribution in [1.82, 2.24) is 15.0 Å². The number of alkyl halides is 3. The van der Waals surface area contributed by atoms with E-state index >= 15 is 0 Å². The van der Waals surface area contributed by atoms with E-state index < -0.39 is 27.3 Å². The molecule has 2 heterocycles. The largest absolute Gasteiger partial charge is 0.522 e. The van der Waals surface area contributed by atoms with Crippen LogP contribution in [0.15, 0.2) is 73.2 Å². The number of nitriles is 1. The van der Waals surface area contributed by atoms with Crippen LogP contribution in [-0.4, -0.2) is 33.4 Å². The molecule has 196 valence electrons. The summed E-state index contributed by atoms with van der Waals surface area (Å²) in [6, 6.07) is 16.1. The van der Waals surface area contributed by atoms with Crippen LogP contribution in [0.4, 0.5) is 45.1 Å². The van der Waals surface area contributed by atoms with E-state index in [-0.39, 0.29) is 17.5 Å². The summed E-state index contributed by atoms with van der Waals surface area (Å²) in [5.41, 5.74) is -3.58. The van der Waals surface area contributed by atoms with Crippen LogP contribution in [0.2, 0.25) is 0 Å². The van der Waals surface area contributed by atoms with Crippen LogP contribution >= 0.6 is 0 Å². The first-order chi connectivity index (χ1) is 17.9. The van der Waals surface area contributed by atoms with Crippen LogP contribution in [-0.2, 0) is 10.1 Å². The molecule has 38 heavy (non-hydrogen) atoms. The topological polar surface area (TPSA) is 141 Å². The summed E-state index contributed by atoms with van der Waals surface area (Å²) in [4.78, 5) is 12.2. The molecule has 0 bridgehead atoms. The van der Waals surface area contributed by atoms with Crippen molar-refractivity contribution in [2.75, 3.05) is 10.6 Å².